The smallest absolute Gasteiger partial charge is 0.322 e. The van der Waals surface area contributed by atoms with Crippen molar-refractivity contribution >= 4 is 21.7 Å². The molecular formula is C12H16N2O7S. The minimum atomic E-state index is -4.31. The molecule has 0 aliphatic rings. The fourth-order valence-corrected chi connectivity index (χ4v) is 3.22. The number of aliphatic carboxylic acids is 1. The van der Waals surface area contributed by atoms with Gasteiger partial charge in [-0.2, -0.15) is 4.72 Å². The quantitative estimate of drug-likeness (QED) is 0.561. The number of hydrogen-bond donors (Lipinski definition) is 2. The summed E-state index contributed by atoms with van der Waals surface area (Å²) < 4.78 is 31.6. The largest absolute Gasteiger partial charge is 0.495 e. The Hall–Kier alpha value is -2.20. The van der Waals surface area contributed by atoms with Crippen LogP contribution in [-0.2, 0) is 14.8 Å². The highest BCUT2D eigenvalue weighted by Gasteiger charge is 2.31. The maximum Gasteiger partial charge on any atom is 0.322 e. The molecule has 1 aromatic carbocycles. The van der Waals surface area contributed by atoms with Crippen molar-refractivity contribution in [3.63, 3.8) is 0 Å². The van der Waals surface area contributed by atoms with Gasteiger partial charge in [-0.1, -0.05) is 13.8 Å². The molecular weight excluding hydrogens is 316 g/mol. The second-order valence-electron chi connectivity index (χ2n) is 4.77. The molecule has 0 radical (unpaired) electrons. The fraction of sp³-hybridized carbons (Fsp3) is 0.417. The van der Waals surface area contributed by atoms with E-state index in [0.29, 0.717) is 0 Å². The first-order valence-electron chi connectivity index (χ1n) is 6.17. The molecule has 1 rings (SSSR count). The zero-order valence-corrected chi connectivity index (χ0v) is 13.0. The first-order valence-corrected chi connectivity index (χ1v) is 7.66. The van der Waals surface area contributed by atoms with Crippen LogP contribution in [0.1, 0.15) is 13.8 Å². The molecule has 0 saturated heterocycles. The average molecular weight is 332 g/mol. The minimum absolute atomic E-state index is 0.119. The van der Waals surface area contributed by atoms with Crippen LogP contribution in [0.15, 0.2) is 23.1 Å². The number of nitro groups is 1. The second-order valence-corrected chi connectivity index (χ2v) is 6.46. The molecule has 122 valence electrons. The van der Waals surface area contributed by atoms with Crippen molar-refractivity contribution in [1.29, 1.82) is 0 Å². The number of nitrogens with one attached hydrogen (secondary N) is 1. The summed E-state index contributed by atoms with van der Waals surface area (Å²) in [5, 5.41) is 19.8. The van der Waals surface area contributed by atoms with Crippen molar-refractivity contribution in [2.75, 3.05) is 7.11 Å². The van der Waals surface area contributed by atoms with Crippen molar-refractivity contribution < 1.29 is 28.0 Å². The number of carboxylic acids is 1. The van der Waals surface area contributed by atoms with E-state index < -0.39 is 43.5 Å². The van der Waals surface area contributed by atoms with Crippen LogP contribution in [0.4, 0.5) is 5.69 Å². The van der Waals surface area contributed by atoms with Crippen molar-refractivity contribution in [2.45, 2.75) is 24.8 Å². The molecule has 1 atom stereocenters. The summed E-state index contributed by atoms with van der Waals surface area (Å²) >= 11 is 0. The van der Waals surface area contributed by atoms with Gasteiger partial charge >= 0.3 is 5.97 Å². The lowest BCUT2D eigenvalue weighted by Crippen LogP contribution is -2.44. The third-order valence-electron chi connectivity index (χ3n) is 2.86. The van der Waals surface area contributed by atoms with E-state index in [9.17, 15) is 23.3 Å². The SMILES string of the molecule is COc1ccc([N+](=O)[O-])cc1S(=O)(=O)N[C@@H](C(=O)O)C(C)C. The van der Waals surface area contributed by atoms with Gasteiger partial charge in [0.2, 0.25) is 10.0 Å². The summed E-state index contributed by atoms with van der Waals surface area (Å²) in [5.41, 5.74) is -0.447. The summed E-state index contributed by atoms with van der Waals surface area (Å²) in [7, 11) is -3.10. The zero-order chi connectivity index (χ0) is 17.1. The Bertz CT molecular complexity index is 685. The van der Waals surface area contributed by atoms with Gasteiger partial charge in [0.1, 0.15) is 16.7 Å². The predicted octanol–water partition coefficient (Wildman–Crippen LogP) is 0.991. The van der Waals surface area contributed by atoms with Crippen LogP contribution in [0.5, 0.6) is 5.75 Å². The molecule has 9 nitrogen and oxygen atoms in total. The Morgan fingerprint density at radius 2 is 2.00 bits per heavy atom. The van der Waals surface area contributed by atoms with Gasteiger partial charge < -0.3 is 9.84 Å². The maximum atomic E-state index is 12.3. The van der Waals surface area contributed by atoms with Crippen molar-refractivity contribution in [3.8, 4) is 5.75 Å². The van der Waals surface area contributed by atoms with Gasteiger partial charge in [-0.3, -0.25) is 14.9 Å². The highest BCUT2D eigenvalue weighted by molar-refractivity contribution is 7.89. The Labute approximate surface area is 127 Å². The van der Waals surface area contributed by atoms with Crippen molar-refractivity contribution in [3.05, 3.63) is 28.3 Å². The Morgan fingerprint density at radius 1 is 1.41 bits per heavy atom. The van der Waals surface area contributed by atoms with E-state index in [1.165, 1.54) is 21.0 Å². The summed E-state index contributed by atoms with van der Waals surface area (Å²) in [6.07, 6.45) is 0. The van der Waals surface area contributed by atoms with E-state index in [1.807, 2.05) is 4.72 Å². The summed E-state index contributed by atoms with van der Waals surface area (Å²) in [5.74, 6) is -1.98. The number of carboxylic acid groups (broad SMARTS) is 1. The molecule has 0 unspecified atom stereocenters. The van der Waals surface area contributed by atoms with Gasteiger partial charge in [0.05, 0.1) is 12.0 Å². The van der Waals surface area contributed by atoms with Crippen LogP contribution in [-0.4, -0.2) is 37.6 Å². The number of carbonyl (C=O) groups is 1. The van der Waals surface area contributed by atoms with Crippen molar-refractivity contribution in [1.82, 2.24) is 4.72 Å². The van der Waals surface area contributed by atoms with Crippen LogP contribution < -0.4 is 9.46 Å². The second kappa shape index (κ2) is 6.71. The molecule has 22 heavy (non-hydrogen) atoms. The third-order valence-corrected chi connectivity index (χ3v) is 4.32. The molecule has 0 spiro atoms. The number of non-ortho nitro benzene ring substituents is 1. The summed E-state index contributed by atoms with van der Waals surface area (Å²) in [6, 6.07) is 1.68. The van der Waals surface area contributed by atoms with Gasteiger partial charge in [-0.05, 0) is 12.0 Å². The van der Waals surface area contributed by atoms with Gasteiger partial charge in [-0.25, -0.2) is 8.42 Å². The maximum absolute atomic E-state index is 12.3. The van der Waals surface area contributed by atoms with Crippen LogP contribution in [0.2, 0.25) is 0 Å². The molecule has 0 saturated carbocycles. The van der Waals surface area contributed by atoms with E-state index in [1.54, 1.807) is 0 Å². The lowest BCUT2D eigenvalue weighted by atomic mass is 10.1. The monoisotopic (exact) mass is 332 g/mol. The van der Waals surface area contributed by atoms with E-state index >= 15 is 0 Å². The summed E-state index contributed by atoms with van der Waals surface area (Å²) in [4.78, 5) is 20.6. The van der Waals surface area contributed by atoms with Gasteiger partial charge in [0.25, 0.3) is 5.69 Å². The highest BCUT2D eigenvalue weighted by Crippen LogP contribution is 2.28. The number of rotatable bonds is 7. The van der Waals surface area contributed by atoms with Gasteiger partial charge in [-0.15, -0.1) is 0 Å². The van der Waals surface area contributed by atoms with E-state index in [2.05, 4.69) is 0 Å². The lowest BCUT2D eigenvalue weighted by Gasteiger charge is -2.18. The molecule has 0 heterocycles. The molecule has 0 bridgehead atoms. The Morgan fingerprint density at radius 3 is 2.41 bits per heavy atom. The molecule has 0 aromatic heterocycles. The van der Waals surface area contributed by atoms with E-state index in [-0.39, 0.29) is 5.75 Å². The van der Waals surface area contributed by atoms with E-state index in [0.717, 1.165) is 18.2 Å². The molecule has 1 aromatic rings. The number of sulfonamides is 1. The van der Waals surface area contributed by atoms with E-state index in [4.69, 9.17) is 9.84 Å². The molecule has 0 aliphatic carbocycles. The molecule has 0 aliphatic heterocycles. The molecule has 0 amide bonds. The standard InChI is InChI=1S/C12H16N2O7S/c1-7(2)11(12(15)16)13-22(19,20)10-6-8(14(17)18)4-5-9(10)21-3/h4-7,11,13H,1-3H3,(H,15,16)/t11-/m1/s1. The summed E-state index contributed by atoms with van der Waals surface area (Å²) in [6.45, 7) is 3.07. The van der Waals surface area contributed by atoms with Gasteiger partial charge in [0, 0.05) is 12.1 Å². The number of ether oxygens (including phenoxy) is 1. The number of hydrogen-bond acceptors (Lipinski definition) is 6. The van der Waals surface area contributed by atoms with Crippen LogP contribution in [0, 0.1) is 16.0 Å². The Balaban J connectivity index is 3.35. The third kappa shape index (κ3) is 3.92. The average Bonchev–Trinajstić information content (AvgIpc) is 2.43. The van der Waals surface area contributed by atoms with Crippen LogP contribution >= 0.6 is 0 Å². The topological polar surface area (TPSA) is 136 Å². The lowest BCUT2D eigenvalue weighted by molar-refractivity contribution is -0.385. The number of nitro benzene ring substituents is 1. The molecule has 0 fully saturated rings. The highest BCUT2D eigenvalue weighted by atomic mass is 32.2. The normalized spacial score (nSPS) is 12.9. The molecule has 10 heteroatoms. The zero-order valence-electron chi connectivity index (χ0n) is 12.1. The Kier molecular flexibility index (Phi) is 5.44. The van der Waals surface area contributed by atoms with Crippen molar-refractivity contribution in [2.24, 2.45) is 5.92 Å². The number of methoxy groups -OCH3 is 1. The number of nitrogens with zero attached hydrogens (tertiary/aromatic N) is 1. The first kappa shape index (κ1) is 17.9. The number of benzene rings is 1. The predicted molar refractivity (Wildman–Crippen MR) is 76.2 cm³/mol. The van der Waals surface area contributed by atoms with Gasteiger partial charge in [0.15, 0.2) is 0 Å². The van der Waals surface area contributed by atoms with Crippen LogP contribution in [0.3, 0.4) is 0 Å². The molecule has 2 N–H and O–H groups in total. The van der Waals surface area contributed by atoms with Crippen LogP contribution in [0.25, 0.3) is 0 Å². The fourth-order valence-electron chi connectivity index (χ4n) is 1.69. The minimum Gasteiger partial charge on any atom is -0.495 e. The first-order chi connectivity index (χ1) is 10.1.